The zero-order chi connectivity index (χ0) is 85.0. The molecule has 8 rings (SSSR count). The summed E-state index contributed by atoms with van der Waals surface area (Å²) < 4.78 is 0. The summed E-state index contributed by atoms with van der Waals surface area (Å²) in [5, 5.41) is 55.8. The number of pyridine rings is 1. The van der Waals surface area contributed by atoms with Gasteiger partial charge in [-0.1, -0.05) is 136 Å². The minimum Gasteiger partial charge on any atom is -0.508 e. The Morgan fingerprint density at radius 3 is 1.69 bits per heavy atom. The van der Waals surface area contributed by atoms with Crippen LogP contribution >= 0.6 is 11.6 Å². The van der Waals surface area contributed by atoms with Crippen molar-refractivity contribution < 1.29 is 63.0 Å². The summed E-state index contributed by atoms with van der Waals surface area (Å²) in [7, 11) is 1.26. The fourth-order valence-electron chi connectivity index (χ4n) is 13.6. The summed E-state index contributed by atoms with van der Waals surface area (Å²) in [5.74, 6) is -8.00. The number of phenols is 1. The second kappa shape index (κ2) is 44.4. The predicted molar refractivity (Wildman–Crippen MR) is 445 cm³/mol. The standard InChI is InChI=1S/C85H111ClN18O13/c1-11-89-84-100-74(101-85(102-84)91-51(6)7)60-31-23-54(24-32-60)42-68(78(112)95-65(40-49(2)3)75(109)94-64(21-14-15-38-90-50(4)5)83(117)104-39-17-22-71(104)80(114)92-52(8)73(87)108)98-81(115)72(46-56-28-35-63(107)36-29-56)103(10)82(116)70(48-105)99-79(113)69(45-58-18-16-37-88-47-58)97-77(111)67(43-55-26-33-62(86)34-27-55)96-76(110)66(93-53(9)106)44-57-25-30-59-19-12-13-20-61(59)41-57/h12-13,16,18-20,23-37,41,47,49-52,64-72,90,105,107H,11,14-15,17,21-22,38-40,42-46,48H2,1-10H3,(H2,87,108)(H,92,114)(H,93,106)(H,94,109)(H,95,112)(H,96,110)(H,97,111)(H,98,115)(H,99,113)(H2,89,91,100,101,102)/t52-,64-,65-,66-,67-,68-,69-,70-,71-,72-/m0/s1. The number of hydrogen-bond donors (Lipinski definition) is 14. The summed E-state index contributed by atoms with van der Waals surface area (Å²) >= 11 is 6.29. The van der Waals surface area contributed by atoms with E-state index in [2.05, 4.69) is 78.4 Å². The lowest BCUT2D eigenvalue weighted by Gasteiger charge is -2.33. The Balaban J connectivity index is 1.11. The van der Waals surface area contributed by atoms with Gasteiger partial charge in [0, 0.05) is 94.2 Å². The van der Waals surface area contributed by atoms with Crippen LogP contribution in [0.3, 0.4) is 0 Å². The first-order chi connectivity index (χ1) is 55.8. The van der Waals surface area contributed by atoms with Crippen LogP contribution in [-0.2, 0) is 84.8 Å². The molecule has 32 heteroatoms. The van der Waals surface area contributed by atoms with Crippen molar-refractivity contribution in [1.82, 2.24) is 77.6 Å². The number of primary amides is 1. The average Bonchev–Trinajstić information content (AvgIpc) is 1.81. The number of aliphatic hydroxyl groups is 1. The van der Waals surface area contributed by atoms with E-state index in [1.807, 2.05) is 90.9 Å². The molecule has 11 amide bonds. The highest BCUT2D eigenvalue weighted by atomic mass is 35.5. The number of hydrogen-bond acceptors (Lipinski definition) is 20. The van der Waals surface area contributed by atoms with Crippen LogP contribution in [0.5, 0.6) is 5.75 Å². The molecule has 7 aromatic rings. The van der Waals surface area contributed by atoms with E-state index in [1.165, 1.54) is 62.5 Å². The molecule has 3 heterocycles. The smallest absolute Gasteiger partial charge is 0.247 e. The Hall–Kier alpha value is -11.7. The minimum absolute atomic E-state index is 0.0242. The van der Waals surface area contributed by atoms with Gasteiger partial charge in [-0.15, -0.1) is 0 Å². The number of carbonyl (C=O) groups excluding carboxylic acids is 11. The largest absolute Gasteiger partial charge is 0.508 e. The number of aromatic hydroxyl groups is 1. The Morgan fingerprint density at radius 1 is 0.573 bits per heavy atom. The molecular formula is C85H111ClN18O13. The number of fused-ring (bicyclic) bond motifs is 1. The second-order valence-electron chi connectivity index (χ2n) is 30.5. The molecule has 1 aliphatic heterocycles. The van der Waals surface area contributed by atoms with Gasteiger partial charge in [-0.3, -0.25) is 57.7 Å². The summed E-state index contributed by atoms with van der Waals surface area (Å²) in [4.78, 5) is 180. The first kappa shape index (κ1) is 90.8. The van der Waals surface area contributed by atoms with E-state index in [1.54, 1.807) is 60.7 Å². The third kappa shape index (κ3) is 28.0. The van der Waals surface area contributed by atoms with Crippen molar-refractivity contribution in [3.63, 3.8) is 0 Å². The molecule has 0 bridgehead atoms. The van der Waals surface area contributed by atoms with Gasteiger partial charge >= 0.3 is 0 Å². The third-order valence-electron chi connectivity index (χ3n) is 19.7. The maximum absolute atomic E-state index is 15.7. The van der Waals surface area contributed by atoms with E-state index in [-0.39, 0.29) is 81.7 Å². The van der Waals surface area contributed by atoms with Crippen LogP contribution in [0.2, 0.25) is 5.02 Å². The number of carbonyl (C=O) groups is 11. The normalized spacial score (nSPS) is 14.9. The number of anilines is 2. The fourth-order valence-corrected chi connectivity index (χ4v) is 13.7. The molecule has 1 fully saturated rings. The Morgan fingerprint density at radius 2 is 1.11 bits per heavy atom. The molecule has 15 N–H and O–H groups in total. The van der Waals surface area contributed by atoms with Crippen molar-refractivity contribution >= 4 is 99.2 Å². The fraction of sp³-hybridized carbons (Fsp3) is 0.447. The van der Waals surface area contributed by atoms with Crippen molar-refractivity contribution in [2.24, 2.45) is 11.7 Å². The van der Waals surface area contributed by atoms with Crippen LogP contribution in [0.15, 0.2) is 140 Å². The molecule has 117 heavy (non-hydrogen) atoms. The number of nitrogens with two attached hydrogens (primary N) is 1. The van der Waals surface area contributed by atoms with Gasteiger partial charge < -0.3 is 84.2 Å². The van der Waals surface area contributed by atoms with Crippen LogP contribution < -0.4 is 64.2 Å². The van der Waals surface area contributed by atoms with Crippen molar-refractivity contribution in [1.29, 1.82) is 0 Å². The van der Waals surface area contributed by atoms with Gasteiger partial charge in [-0.2, -0.15) is 15.0 Å². The van der Waals surface area contributed by atoms with E-state index in [0.29, 0.717) is 88.5 Å². The zero-order valence-electron chi connectivity index (χ0n) is 67.9. The van der Waals surface area contributed by atoms with Crippen molar-refractivity contribution in [3.05, 3.63) is 173 Å². The molecule has 0 spiro atoms. The number of nitrogens with one attached hydrogen (secondary N) is 11. The zero-order valence-corrected chi connectivity index (χ0v) is 68.7. The number of phenolic OH excluding ortho intramolecular Hbond substituents is 1. The molecule has 1 aliphatic rings. The Labute approximate surface area is 687 Å². The van der Waals surface area contributed by atoms with Gasteiger partial charge in [-0.05, 0) is 148 Å². The average molecular weight is 1630 g/mol. The molecule has 0 radical (unpaired) electrons. The maximum atomic E-state index is 15.7. The van der Waals surface area contributed by atoms with Gasteiger partial charge in [-0.25, -0.2) is 0 Å². The van der Waals surface area contributed by atoms with Crippen molar-refractivity contribution in [3.8, 4) is 17.1 Å². The number of likely N-dealkylation sites (tertiary alicyclic amines) is 1. The van der Waals surface area contributed by atoms with Gasteiger partial charge in [0.1, 0.15) is 66.2 Å². The lowest BCUT2D eigenvalue weighted by Crippen LogP contribution is -2.62. The summed E-state index contributed by atoms with van der Waals surface area (Å²) in [6, 6.07) is 22.1. The molecule has 1 saturated heterocycles. The number of nitrogens with zero attached hydrogens (tertiary/aromatic N) is 6. The molecule has 31 nitrogen and oxygen atoms in total. The topological polar surface area (TPSA) is 445 Å². The van der Waals surface area contributed by atoms with Gasteiger partial charge in [0.05, 0.1) is 6.61 Å². The number of unbranched alkanes of at least 4 members (excludes halogenated alkanes) is 1. The number of aromatic nitrogens is 4. The lowest BCUT2D eigenvalue weighted by atomic mass is 9.98. The third-order valence-corrected chi connectivity index (χ3v) is 20.0. The molecule has 5 aromatic carbocycles. The van der Waals surface area contributed by atoms with Crippen LogP contribution in [-0.4, -0.2) is 211 Å². The molecule has 0 aliphatic carbocycles. The van der Waals surface area contributed by atoms with Crippen LogP contribution in [0, 0.1) is 5.92 Å². The van der Waals surface area contributed by atoms with E-state index < -0.39 is 132 Å². The number of aliphatic hydroxyl groups excluding tert-OH is 1. The molecule has 2 aromatic heterocycles. The second-order valence-corrected chi connectivity index (χ2v) is 30.9. The highest BCUT2D eigenvalue weighted by Gasteiger charge is 2.41. The Bertz CT molecular complexity index is 4540. The van der Waals surface area contributed by atoms with Crippen LogP contribution in [0.1, 0.15) is 129 Å². The van der Waals surface area contributed by atoms with E-state index in [0.717, 1.165) is 15.7 Å². The summed E-state index contributed by atoms with van der Waals surface area (Å²) in [5.41, 5.74) is 8.64. The van der Waals surface area contributed by atoms with Crippen LogP contribution in [0.25, 0.3) is 22.2 Å². The number of likely N-dealkylation sites (N-methyl/N-ethyl adjacent to an activating group) is 1. The molecule has 10 atom stereocenters. The molecule has 0 unspecified atom stereocenters. The first-order valence-corrected chi connectivity index (χ1v) is 40.1. The van der Waals surface area contributed by atoms with E-state index in [4.69, 9.17) is 17.3 Å². The number of halogens is 1. The highest BCUT2D eigenvalue weighted by molar-refractivity contribution is 6.30. The molecule has 626 valence electrons. The predicted octanol–water partition coefficient (Wildman–Crippen LogP) is 4.64. The SMILES string of the molecule is CCNc1nc(NC(C)C)nc(-c2ccc(C[C@H](NC(=O)[C@H](Cc3ccc(O)cc3)N(C)C(=O)[C@H](CO)NC(=O)[C@H](Cc3cccnc3)NC(=O)[C@H](Cc3ccc(Cl)cc3)NC(=O)[C@H](Cc3ccc4ccccc4c3)NC(C)=O)C(=O)N[C@@H](CC(C)C)C(=O)N[C@@H](CCCCNC(C)C)C(=O)N3CCC[C@H]3C(=O)N[C@@H](C)C(N)=O)cc2)n1. The highest BCUT2D eigenvalue weighted by Crippen LogP contribution is 2.25. The van der Waals surface area contributed by atoms with E-state index >= 15 is 28.8 Å². The summed E-state index contributed by atoms with van der Waals surface area (Å²) in [6.07, 6.45) is 4.03. The van der Waals surface area contributed by atoms with Crippen LogP contribution in [0.4, 0.5) is 11.9 Å². The minimum atomic E-state index is -1.83. The number of benzene rings is 5. The van der Waals surface area contributed by atoms with Gasteiger partial charge in [0.25, 0.3) is 0 Å². The van der Waals surface area contributed by atoms with Gasteiger partial charge in [0.2, 0.25) is 76.9 Å². The molecular weight excluding hydrogens is 1520 g/mol. The first-order valence-electron chi connectivity index (χ1n) is 39.7. The monoisotopic (exact) mass is 1630 g/mol. The number of amides is 11. The lowest BCUT2D eigenvalue weighted by molar-refractivity contribution is -0.144. The Kier molecular flexibility index (Phi) is 34.5. The number of rotatable bonds is 43. The quantitative estimate of drug-likeness (QED) is 0.0231. The summed E-state index contributed by atoms with van der Waals surface area (Å²) in [6.45, 7) is 16.4. The van der Waals surface area contributed by atoms with Crippen molar-refractivity contribution in [2.45, 2.75) is 205 Å². The molecule has 0 saturated carbocycles. The van der Waals surface area contributed by atoms with Gasteiger partial charge in [0.15, 0.2) is 5.82 Å². The van der Waals surface area contributed by atoms with E-state index in [9.17, 15) is 34.2 Å². The van der Waals surface area contributed by atoms with Crippen molar-refractivity contribution in [2.75, 3.05) is 43.9 Å². The maximum Gasteiger partial charge on any atom is 0.247 e.